The molecule has 0 amide bonds. The summed E-state index contributed by atoms with van der Waals surface area (Å²) in [6.45, 7) is 5.04. The topological polar surface area (TPSA) is 63.9 Å². The normalized spacial score (nSPS) is 11.2. The van der Waals surface area contributed by atoms with Crippen molar-refractivity contribution in [1.29, 1.82) is 0 Å². The van der Waals surface area contributed by atoms with E-state index in [2.05, 4.69) is 35.9 Å². The average Bonchev–Trinajstić information content (AvgIpc) is 2.98. The first-order valence-electron chi connectivity index (χ1n) is 8.48. The largest absolute Gasteiger partial charge is 0.481 e. The van der Waals surface area contributed by atoms with Crippen LogP contribution in [0.3, 0.4) is 0 Å². The molecule has 0 saturated heterocycles. The molecular formula is C20H25N3O. The highest BCUT2D eigenvalue weighted by Gasteiger charge is 2.16. The van der Waals surface area contributed by atoms with Gasteiger partial charge in [-0.15, -0.1) is 0 Å². The number of hydrogen-bond donors (Lipinski definition) is 2. The first-order chi connectivity index (χ1) is 11.7. The predicted octanol–water partition coefficient (Wildman–Crippen LogP) is 4.14. The number of methoxy groups -OCH3 is 1. The van der Waals surface area contributed by atoms with Crippen LogP contribution in [-0.4, -0.2) is 23.6 Å². The molecule has 3 N–H and O–H groups in total. The smallest absolute Gasteiger partial charge is 0.213 e. The summed E-state index contributed by atoms with van der Waals surface area (Å²) in [6, 6.07) is 10.3. The van der Waals surface area contributed by atoms with Gasteiger partial charge in [-0.05, 0) is 62.4 Å². The fraction of sp³-hybridized carbons (Fsp3) is 0.350. The van der Waals surface area contributed by atoms with Crippen molar-refractivity contribution in [2.45, 2.75) is 33.1 Å². The number of aromatic amines is 1. The molecule has 2 aromatic heterocycles. The van der Waals surface area contributed by atoms with Crippen LogP contribution in [0, 0.1) is 13.8 Å². The predicted molar refractivity (Wildman–Crippen MR) is 99.5 cm³/mol. The van der Waals surface area contributed by atoms with Crippen molar-refractivity contribution in [2.24, 2.45) is 5.73 Å². The van der Waals surface area contributed by atoms with Crippen molar-refractivity contribution >= 4 is 10.9 Å². The maximum absolute atomic E-state index is 5.67. The van der Waals surface area contributed by atoms with Gasteiger partial charge in [0.2, 0.25) is 5.88 Å². The van der Waals surface area contributed by atoms with Crippen molar-refractivity contribution in [3.8, 4) is 17.3 Å². The molecule has 0 unspecified atom stereocenters. The number of nitrogens with two attached hydrogens (primary N) is 1. The van der Waals surface area contributed by atoms with Crippen molar-refractivity contribution < 1.29 is 4.74 Å². The van der Waals surface area contributed by atoms with Gasteiger partial charge in [-0.1, -0.05) is 18.2 Å². The van der Waals surface area contributed by atoms with E-state index in [-0.39, 0.29) is 0 Å². The Morgan fingerprint density at radius 3 is 2.71 bits per heavy atom. The SMILES string of the molecule is COc1cccc(-c2[nH]c3c(C)c(C)ccc3c2CCCCN)n1. The van der Waals surface area contributed by atoms with Crippen LogP contribution in [0.15, 0.2) is 30.3 Å². The second-order valence-electron chi connectivity index (χ2n) is 6.22. The number of H-pyrrole nitrogens is 1. The van der Waals surface area contributed by atoms with Crippen LogP contribution < -0.4 is 10.5 Å². The molecule has 4 nitrogen and oxygen atoms in total. The number of ether oxygens (including phenoxy) is 1. The maximum atomic E-state index is 5.67. The molecule has 0 aliphatic rings. The molecule has 2 heterocycles. The molecule has 1 aromatic carbocycles. The summed E-state index contributed by atoms with van der Waals surface area (Å²) < 4.78 is 5.29. The molecule has 0 fully saturated rings. The zero-order valence-corrected chi connectivity index (χ0v) is 14.6. The lowest BCUT2D eigenvalue weighted by Crippen LogP contribution is -1.99. The summed E-state index contributed by atoms with van der Waals surface area (Å²) >= 11 is 0. The summed E-state index contributed by atoms with van der Waals surface area (Å²) in [6.07, 6.45) is 3.10. The third kappa shape index (κ3) is 3.02. The second-order valence-corrected chi connectivity index (χ2v) is 6.22. The number of rotatable bonds is 6. The fourth-order valence-corrected chi connectivity index (χ4v) is 3.16. The van der Waals surface area contributed by atoms with E-state index < -0.39 is 0 Å². The van der Waals surface area contributed by atoms with E-state index in [0.717, 1.165) is 37.2 Å². The van der Waals surface area contributed by atoms with Crippen LogP contribution in [0.2, 0.25) is 0 Å². The molecule has 126 valence electrons. The molecule has 0 saturated carbocycles. The van der Waals surface area contributed by atoms with Crippen molar-refractivity contribution in [1.82, 2.24) is 9.97 Å². The number of benzene rings is 1. The van der Waals surface area contributed by atoms with Crippen LogP contribution in [0.4, 0.5) is 0 Å². The highest BCUT2D eigenvalue weighted by molar-refractivity contribution is 5.92. The van der Waals surface area contributed by atoms with E-state index >= 15 is 0 Å². The van der Waals surface area contributed by atoms with Crippen LogP contribution in [0.25, 0.3) is 22.3 Å². The maximum Gasteiger partial charge on any atom is 0.213 e. The number of pyridine rings is 1. The number of hydrogen-bond acceptors (Lipinski definition) is 3. The Bertz CT molecular complexity index is 851. The summed E-state index contributed by atoms with van der Waals surface area (Å²) in [4.78, 5) is 8.24. The molecule has 3 aromatic rings. The van der Waals surface area contributed by atoms with E-state index in [1.54, 1.807) is 7.11 Å². The van der Waals surface area contributed by atoms with Crippen molar-refractivity contribution in [3.05, 3.63) is 47.0 Å². The van der Waals surface area contributed by atoms with Gasteiger partial charge in [0.05, 0.1) is 18.5 Å². The summed E-state index contributed by atoms with van der Waals surface area (Å²) in [5.74, 6) is 0.631. The van der Waals surface area contributed by atoms with E-state index in [4.69, 9.17) is 10.5 Å². The first-order valence-corrected chi connectivity index (χ1v) is 8.48. The van der Waals surface area contributed by atoms with Gasteiger partial charge < -0.3 is 15.5 Å². The molecule has 4 heteroatoms. The van der Waals surface area contributed by atoms with E-state index in [1.165, 1.54) is 27.6 Å². The highest BCUT2D eigenvalue weighted by atomic mass is 16.5. The summed E-state index contributed by atoms with van der Waals surface area (Å²) in [5.41, 5.74) is 12.8. The minimum absolute atomic E-state index is 0.631. The molecule has 0 bridgehead atoms. The van der Waals surface area contributed by atoms with Crippen LogP contribution in [-0.2, 0) is 6.42 Å². The lowest BCUT2D eigenvalue weighted by molar-refractivity contribution is 0.398. The number of aromatic nitrogens is 2. The number of unbranched alkanes of at least 4 members (excludes halogenated alkanes) is 1. The monoisotopic (exact) mass is 323 g/mol. The van der Waals surface area contributed by atoms with Gasteiger partial charge >= 0.3 is 0 Å². The number of aryl methyl sites for hydroxylation is 3. The number of nitrogens with zero attached hydrogens (tertiary/aromatic N) is 1. The van der Waals surface area contributed by atoms with Gasteiger partial charge in [0.15, 0.2) is 0 Å². The van der Waals surface area contributed by atoms with Gasteiger partial charge in [0.1, 0.15) is 0 Å². The van der Waals surface area contributed by atoms with E-state index in [9.17, 15) is 0 Å². The molecule has 0 aliphatic heterocycles. The average molecular weight is 323 g/mol. The van der Waals surface area contributed by atoms with Crippen molar-refractivity contribution in [3.63, 3.8) is 0 Å². The molecule has 24 heavy (non-hydrogen) atoms. The minimum atomic E-state index is 0.631. The Balaban J connectivity index is 2.17. The lowest BCUT2D eigenvalue weighted by atomic mass is 10.00. The zero-order chi connectivity index (χ0) is 17.1. The first kappa shape index (κ1) is 16.5. The minimum Gasteiger partial charge on any atom is -0.481 e. The Morgan fingerprint density at radius 2 is 1.96 bits per heavy atom. The van der Waals surface area contributed by atoms with Crippen molar-refractivity contribution in [2.75, 3.05) is 13.7 Å². The lowest BCUT2D eigenvalue weighted by Gasteiger charge is -2.06. The zero-order valence-electron chi connectivity index (χ0n) is 14.6. The van der Waals surface area contributed by atoms with Crippen LogP contribution in [0.5, 0.6) is 5.88 Å². The summed E-state index contributed by atoms with van der Waals surface area (Å²) in [7, 11) is 1.65. The number of fused-ring (bicyclic) bond motifs is 1. The van der Waals surface area contributed by atoms with Crippen LogP contribution >= 0.6 is 0 Å². The molecule has 3 rings (SSSR count). The molecule has 0 radical (unpaired) electrons. The Labute approximate surface area is 143 Å². The van der Waals surface area contributed by atoms with Gasteiger partial charge in [-0.25, -0.2) is 4.98 Å². The Morgan fingerprint density at radius 1 is 1.12 bits per heavy atom. The molecule has 0 spiro atoms. The van der Waals surface area contributed by atoms with Crippen LogP contribution in [0.1, 0.15) is 29.5 Å². The van der Waals surface area contributed by atoms with Gasteiger partial charge in [0.25, 0.3) is 0 Å². The summed E-state index contributed by atoms with van der Waals surface area (Å²) in [5, 5.41) is 1.29. The van der Waals surface area contributed by atoms with Gasteiger partial charge in [-0.2, -0.15) is 0 Å². The molecular weight excluding hydrogens is 298 g/mol. The van der Waals surface area contributed by atoms with E-state index in [1.807, 2.05) is 18.2 Å². The second kappa shape index (κ2) is 7.05. The Hall–Kier alpha value is -2.33. The molecule has 0 atom stereocenters. The standard InChI is InChI=1S/C20H25N3O/c1-13-10-11-16-15(7-4-5-12-21)20(23-19(16)14(13)2)17-8-6-9-18(22-17)24-3/h6,8-11,23H,4-5,7,12,21H2,1-3H3. The van der Waals surface area contributed by atoms with Gasteiger partial charge in [0, 0.05) is 17.0 Å². The molecule has 0 aliphatic carbocycles. The van der Waals surface area contributed by atoms with Gasteiger partial charge in [-0.3, -0.25) is 0 Å². The third-order valence-electron chi connectivity index (χ3n) is 4.68. The number of nitrogens with one attached hydrogen (secondary N) is 1. The highest BCUT2D eigenvalue weighted by Crippen LogP contribution is 2.33. The Kier molecular flexibility index (Phi) is 4.86. The van der Waals surface area contributed by atoms with E-state index in [0.29, 0.717) is 5.88 Å². The third-order valence-corrected chi connectivity index (χ3v) is 4.68. The fourth-order valence-electron chi connectivity index (χ4n) is 3.16. The quantitative estimate of drug-likeness (QED) is 0.670.